The Labute approximate surface area is 176 Å². The first-order valence-electron chi connectivity index (χ1n) is 11.1. The summed E-state index contributed by atoms with van der Waals surface area (Å²) in [6.07, 6.45) is 6.26. The fraction of sp³-hybridized carbons (Fsp3) is 0.773. The van der Waals surface area contributed by atoms with Crippen LogP contribution in [0.4, 0.5) is 4.79 Å². The van der Waals surface area contributed by atoms with Crippen molar-refractivity contribution in [1.82, 2.24) is 10.6 Å². The smallest absolute Gasteiger partial charge is 0.338 e. The highest BCUT2D eigenvalue weighted by Gasteiger charge is 2.57. The number of nitrogens with one attached hydrogen (secondary N) is 2. The van der Waals surface area contributed by atoms with E-state index in [0.29, 0.717) is 30.3 Å². The Balaban J connectivity index is 1.44. The third-order valence-electron chi connectivity index (χ3n) is 7.20. The second-order valence-corrected chi connectivity index (χ2v) is 9.69. The quantitative estimate of drug-likeness (QED) is 0.544. The Morgan fingerprint density at radius 3 is 2.43 bits per heavy atom. The summed E-state index contributed by atoms with van der Waals surface area (Å²) in [6.45, 7) is 3.61. The standard InChI is InChI=1S/C22H32N2O6/c1-3-15-18(19(26)29-4-2)16(24-20(27)23-15)11-30-17(25)10-21-6-13-5-14(7-21)9-22(28,8-13)12-21/h13-15,28H,3-12H2,1-2H3,(H2,23,24,27)/t13-,14+,15-,21?,22?/m1/s1. The van der Waals surface area contributed by atoms with Crippen molar-refractivity contribution < 1.29 is 29.0 Å². The number of urea groups is 1. The Morgan fingerprint density at radius 2 is 1.83 bits per heavy atom. The summed E-state index contributed by atoms with van der Waals surface area (Å²) in [5.41, 5.74) is -0.226. The Bertz CT molecular complexity index is 762. The number of rotatable bonds is 7. The minimum absolute atomic E-state index is 0.176. The Hall–Kier alpha value is -2.09. The van der Waals surface area contributed by atoms with E-state index in [1.807, 2.05) is 6.92 Å². The van der Waals surface area contributed by atoms with Crippen LogP contribution in [0.2, 0.25) is 0 Å². The molecule has 8 nitrogen and oxygen atoms in total. The molecule has 8 heteroatoms. The predicted molar refractivity (Wildman–Crippen MR) is 107 cm³/mol. The van der Waals surface area contributed by atoms with E-state index in [2.05, 4.69) is 10.6 Å². The molecule has 4 saturated carbocycles. The molecule has 0 spiro atoms. The maximum absolute atomic E-state index is 12.7. The molecule has 0 aromatic heterocycles. The van der Waals surface area contributed by atoms with Crippen molar-refractivity contribution >= 4 is 18.0 Å². The summed E-state index contributed by atoms with van der Waals surface area (Å²) in [5.74, 6) is 0.121. The normalized spacial score (nSPS) is 36.9. The molecular formula is C22H32N2O6. The van der Waals surface area contributed by atoms with Crippen molar-refractivity contribution in [2.24, 2.45) is 17.3 Å². The molecule has 3 N–H and O–H groups in total. The second-order valence-electron chi connectivity index (χ2n) is 9.69. The van der Waals surface area contributed by atoms with Gasteiger partial charge in [-0.15, -0.1) is 0 Å². The van der Waals surface area contributed by atoms with Crippen LogP contribution in [0.5, 0.6) is 0 Å². The number of amides is 2. The van der Waals surface area contributed by atoms with E-state index in [9.17, 15) is 19.5 Å². The van der Waals surface area contributed by atoms with Gasteiger partial charge in [0, 0.05) is 0 Å². The van der Waals surface area contributed by atoms with Crippen LogP contribution in [-0.2, 0) is 19.1 Å². The van der Waals surface area contributed by atoms with Crippen molar-refractivity contribution in [3.63, 3.8) is 0 Å². The summed E-state index contributed by atoms with van der Waals surface area (Å²) in [6, 6.07) is -0.909. The molecule has 1 heterocycles. The van der Waals surface area contributed by atoms with Gasteiger partial charge in [-0.25, -0.2) is 9.59 Å². The van der Waals surface area contributed by atoms with Crippen LogP contribution in [0.1, 0.15) is 65.2 Å². The van der Waals surface area contributed by atoms with Gasteiger partial charge in [-0.3, -0.25) is 4.79 Å². The van der Waals surface area contributed by atoms with Gasteiger partial charge in [-0.1, -0.05) is 6.92 Å². The number of carbonyl (C=O) groups excluding carboxylic acids is 3. The molecule has 0 radical (unpaired) electrons. The topological polar surface area (TPSA) is 114 Å². The number of ether oxygens (including phenoxy) is 2. The monoisotopic (exact) mass is 420 g/mol. The highest BCUT2D eigenvalue weighted by atomic mass is 16.5. The lowest BCUT2D eigenvalue weighted by Gasteiger charge is -2.60. The van der Waals surface area contributed by atoms with Gasteiger partial charge in [-0.2, -0.15) is 0 Å². The molecule has 30 heavy (non-hydrogen) atoms. The first-order valence-corrected chi connectivity index (χ1v) is 11.1. The summed E-state index contributed by atoms with van der Waals surface area (Å²) < 4.78 is 10.7. The molecule has 0 aromatic rings. The molecular weight excluding hydrogens is 388 g/mol. The number of carbonyl (C=O) groups is 3. The molecule has 5 aliphatic rings. The van der Waals surface area contributed by atoms with E-state index in [-0.39, 0.29) is 36.7 Å². The van der Waals surface area contributed by atoms with Crippen molar-refractivity contribution in [3.8, 4) is 0 Å². The molecule has 5 rings (SSSR count). The van der Waals surface area contributed by atoms with Gasteiger partial charge in [0.1, 0.15) is 6.61 Å². The second kappa shape index (κ2) is 7.87. The zero-order valence-electron chi connectivity index (χ0n) is 17.8. The summed E-state index contributed by atoms with van der Waals surface area (Å²) in [5, 5.41) is 16.2. The lowest BCUT2D eigenvalue weighted by molar-refractivity contribution is -0.176. The third kappa shape index (κ3) is 4.06. The fourth-order valence-corrected chi connectivity index (χ4v) is 6.69. The lowest BCUT2D eigenvalue weighted by atomic mass is 9.47. The van der Waals surface area contributed by atoms with Gasteiger partial charge in [0.25, 0.3) is 0 Å². The zero-order chi connectivity index (χ0) is 21.5. The SMILES string of the molecule is CCOC(=O)C1=C(COC(=O)CC23C[C@@H]4C[C@@H](CC(O)(C4)C2)C3)NC(=O)N[C@@H]1CC. The number of esters is 2. The lowest BCUT2D eigenvalue weighted by Crippen LogP contribution is -2.56. The summed E-state index contributed by atoms with van der Waals surface area (Å²) in [7, 11) is 0. The third-order valence-corrected chi connectivity index (χ3v) is 7.20. The van der Waals surface area contributed by atoms with Gasteiger partial charge in [0.2, 0.25) is 0 Å². The Morgan fingerprint density at radius 1 is 1.13 bits per heavy atom. The Kier molecular flexibility index (Phi) is 5.55. The van der Waals surface area contributed by atoms with E-state index in [1.165, 1.54) is 0 Å². The average molecular weight is 421 g/mol. The van der Waals surface area contributed by atoms with Crippen molar-refractivity contribution in [1.29, 1.82) is 0 Å². The van der Waals surface area contributed by atoms with Crippen LogP contribution in [0.25, 0.3) is 0 Å². The van der Waals surface area contributed by atoms with Crippen molar-refractivity contribution in [2.75, 3.05) is 13.2 Å². The van der Waals surface area contributed by atoms with Gasteiger partial charge >= 0.3 is 18.0 Å². The predicted octanol–water partition coefficient (Wildman–Crippen LogP) is 2.16. The van der Waals surface area contributed by atoms with Gasteiger partial charge < -0.3 is 25.2 Å². The maximum Gasteiger partial charge on any atom is 0.338 e. The first-order chi connectivity index (χ1) is 14.2. The number of hydrogen-bond acceptors (Lipinski definition) is 6. The van der Waals surface area contributed by atoms with Crippen molar-refractivity contribution in [2.45, 2.75) is 76.9 Å². The van der Waals surface area contributed by atoms with Crippen LogP contribution in [0.15, 0.2) is 11.3 Å². The average Bonchev–Trinajstić information content (AvgIpc) is 2.63. The molecule has 166 valence electrons. The van der Waals surface area contributed by atoms with Crippen LogP contribution < -0.4 is 10.6 Å². The van der Waals surface area contributed by atoms with Gasteiger partial charge in [0.05, 0.1) is 35.9 Å². The van der Waals surface area contributed by atoms with Crippen molar-refractivity contribution in [3.05, 3.63) is 11.3 Å². The highest BCUT2D eigenvalue weighted by Crippen LogP contribution is 2.62. The van der Waals surface area contributed by atoms with Crippen LogP contribution in [0.3, 0.4) is 0 Å². The van der Waals surface area contributed by atoms with Crippen LogP contribution in [-0.4, -0.2) is 47.9 Å². The summed E-state index contributed by atoms with van der Waals surface area (Å²) in [4.78, 5) is 37.1. The van der Waals surface area contributed by atoms with E-state index >= 15 is 0 Å². The largest absolute Gasteiger partial charge is 0.463 e. The minimum atomic E-state index is -0.624. The van der Waals surface area contributed by atoms with E-state index in [1.54, 1.807) is 6.92 Å². The van der Waals surface area contributed by atoms with Crippen LogP contribution in [0, 0.1) is 17.3 Å². The molecule has 4 aliphatic carbocycles. The molecule has 2 amide bonds. The molecule has 0 saturated heterocycles. The number of hydrogen-bond donors (Lipinski definition) is 3. The zero-order valence-corrected chi connectivity index (χ0v) is 17.8. The van der Waals surface area contributed by atoms with Gasteiger partial charge in [0.15, 0.2) is 0 Å². The highest BCUT2D eigenvalue weighted by molar-refractivity contribution is 5.94. The molecule has 4 fully saturated rings. The molecule has 1 aliphatic heterocycles. The maximum atomic E-state index is 12.7. The fourth-order valence-electron chi connectivity index (χ4n) is 6.69. The van der Waals surface area contributed by atoms with Crippen LogP contribution >= 0.6 is 0 Å². The molecule has 5 atom stereocenters. The molecule has 0 aromatic carbocycles. The van der Waals surface area contributed by atoms with Gasteiger partial charge in [-0.05, 0) is 69.1 Å². The van der Waals surface area contributed by atoms with E-state index in [0.717, 1.165) is 32.1 Å². The molecule has 2 unspecified atom stereocenters. The molecule has 4 bridgehead atoms. The van der Waals surface area contributed by atoms with E-state index < -0.39 is 23.6 Å². The first kappa shape index (κ1) is 21.2. The summed E-state index contributed by atoms with van der Waals surface area (Å²) >= 11 is 0. The van der Waals surface area contributed by atoms with E-state index in [4.69, 9.17) is 9.47 Å². The minimum Gasteiger partial charge on any atom is -0.463 e. The number of aliphatic hydroxyl groups is 1.